The molecule has 1 aromatic heterocycles. The zero-order valence-corrected chi connectivity index (χ0v) is 19.7. The van der Waals surface area contributed by atoms with E-state index in [1.165, 1.54) is 12.1 Å². The number of aliphatic hydroxyl groups excluding tert-OH is 1. The molecule has 1 fully saturated rings. The number of fused-ring (bicyclic) bond motifs is 1. The predicted molar refractivity (Wildman–Crippen MR) is 130 cm³/mol. The molecule has 2 aliphatic rings. The first-order chi connectivity index (χ1) is 16.7. The third kappa shape index (κ3) is 4.69. The number of benzene rings is 2. The van der Waals surface area contributed by atoms with Crippen LogP contribution in [0.15, 0.2) is 61.2 Å². The molecule has 0 spiro atoms. The van der Waals surface area contributed by atoms with Gasteiger partial charge in [-0.05, 0) is 55.2 Å². The lowest BCUT2D eigenvalue weighted by Crippen LogP contribution is -2.28. The number of carbonyl (C=O) groups excluding carboxylic acids is 1. The zero-order chi connectivity index (χ0) is 25.4. The molecule has 2 N–H and O–H groups in total. The van der Waals surface area contributed by atoms with Crippen LogP contribution in [0.2, 0.25) is 0 Å². The van der Waals surface area contributed by atoms with Gasteiger partial charge in [0.25, 0.3) is 0 Å². The van der Waals surface area contributed by atoms with E-state index in [0.717, 1.165) is 11.1 Å². The fraction of sp³-hybridized carbons (Fsp3) is 0.259. The molecule has 2 aromatic carbocycles. The van der Waals surface area contributed by atoms with Crippen LogP contribution in [0.4, 0.5) is 14.6 Å². The van der Waals surface area contributed by atoms with Gasteiger partial charge in [-0.2, -0.15) is 0 Å². The molecule has 0 saturated heterocycles. The highest BCUT2D eigenvalue weighted by Crippen LogP contribution is 2.52. The van der Waals surface area contributed by atoms with Crippen LogP contribution in [0.1, 0.15) is 43.4 Å². The number of aliphatic hydroxyl groups is 1. The number of anilines is 1. The number of carbonyl (C=O) groups is 1. The summed E-state index contributed by atoms with van der Waals surface area (Å²) in [5.41, 5.74) is 2.65. The van der Waals surface area contributed by atoms with E-state index >= 15 is 0 Å². The normalized spacial score (nSPS) is 16.0. The van der Waals surface area contributed by atoms with Crippen LogP contribution in [0, 0.1) is 6.92 Å². The van der Waals surface area contributed by atoms with Crippen molar-refractivity contribution in [1.29, 1.82) is 0 Å². The predicted octanol–water partition coefficient (Wildman–Crippen LogP) is 6.60. The summed E-state index contributed by atoms with van der Waals surface area (Å²) in [5, 5.41) is 12.6. The highest BCUT2D eigenvalue weighted by atomic mass is 19.3. The first-order valence-electron chi connectivity index (χ1n) is 11.4. The average Bonchev–Trinajstić information content (AvgIpc) is 3.58. The van der Waals surface area contributed by atoms with Crippen molar-refractivity contribution in [3.8, 4) is 22.8 Å². The molecular weight excluding hydrogens is 454 g/mol. The first kappa shape index (κ1) is 24.2. The van der Waals surface area contributed by atoms with Gasteiger partial charge in [-0.15, -0.1) is 8.78 Å². The van der Waals surface area contributed by atoms with Crippen LogP contribution in [-0.2, 0) is 10.2 Å². The second-order valence-corrected chi connectivity index (χ2v) is 8.25. The number of amides is 1. The van der Waals surface area contributed by atoms with E-state index in [1.54, 1.807) is 30.3 Å². The van der Waals surface area contributed by atoms with Gasteiger partial charge in [-0.25, -0.2) is 4.98 Å². The number of ether oxygens (including phenoxy) is 2. The Labute approximate surface area is 202 Å². The Bertz CT molecular complexity index is 1300. The fourth-order valence-electron chi connectivity index (χ4n) is 3.99. The SMILES string of the molecule is C=C(O)c1cccc(-c2nc(NC(=O)C3(c4ccc5c(c4)OC(F)(F)O5)CC3)ccc2C)c1.CC. The van der Waals surface area contributed by atoms with E-state index in [4.69, 9.17) is 0 Å². The smallest absolute Gasteiger partial charge is 0.508 e. The van der Waals surface area contributed by atoms with Crippen molar-refractivity contribution in [1.82, 2.24) is 4.98 Å². The number of aromatic nitrogens is 1. The molecule has 2 heterocycles. The van der Waals surface area contributed by atoms with Crippen LogP contribution in [0.25, 0.3) is 17.0 Å². The maximum absolute atomic E-state index is 13.4. The van der Waals surface area contributed by atoms with E-state index in [1.807, 2.05) is 32.9 Å². The van der Waals surface area contributed by atoms with Gasteiger partial charge >= 0.3 is 6.29 Å². The minimum atomic E-state index is -3.71. The summed E-state index contributed by atoms with van der Waals surface area (Å²) in [6.45, 7) is 9.45. The lowest BCUT2D eigenvalue weighted by Gasteiger charge is -2.17. The summed E-state index contributed by atoms with van der Waals surface area (Å²) in [6, 6.07) is 15.2. The molecule has 0 radical (unpaired) electrons. The molecule has 35 heavy (non-hydrogen) atoms. The number of rotatable bonds is 5. The number of alkyl halides is 2. The lowest BCUT2D eigenvalue weighted by atomic mass is 9.94. The van der Waals surface area contributed by atoms with Crippen molar-refractivity contribution in [3.05, 3.63) is 77.9 Å². The standard InChI is InChI=1S/C25H20F2N2O4.C2H6/c1-14-6-9-21(28-22(14)17-5-3-4-16(12-17)15(2)30)29-23(31)24(10-11-24)18-7-8-19-20(13-18)33-25(26,27)32-19;1-2/h3-9,12-13,30H,2,10-11H2,1H3,(H,28,29,31);1-2H3. The van der Waals surface area contributed by atoms with Crippen LogP contribution >= 0.6 is 0 Å². The van der Waals surface area contributed by atoms with Crippen molar-refractivity contribution in [2.24, 2.45) is 0 Å². The van der Waals surface area contributed by atoms with Gasteiger partial charge in [-0.3, -0.25) is 4.79 Å². The molecule has 1 aliphatic heterocycles. The van der Waals surface area contributed by atoms with Crippen molar-refractivity contribution >= 4 is 17.5 Å². The van der Waals surface area contributed by atoms with E-state index in [9.17, 15) is 18.7 Å². The molecule has 1 saturated carbocycles. The highest BCUT2D eigenvalue weighted by Gasteiger charge is 2.53. The Kier molecular flexibility index (Phi) is 6.23. The summed E-state index contributed by atoms with van der Waals surface area (Å²) in [4.78, 5) is 17.8. The zero-order valence-electron chi connectivity index (χ0n) is 19.7. The summed E-state index contributed by atoms with van der Waals surface area (Å²) < 4.78 is 35.7. The number of nitrogens with one attached hydrogen (secondary N) is 1. The van der Waals surface area contributed by atoms with E-state index in [0.29, 0.717) is 35.5 Å². The average molecular weight is 481 g/mol. The molecule has 1 aliphatic carbocycles. The van der Waals surface area contributed by atoms with Crippen LogP contribution in [-0.4, -0.2) is 22.3 Å². The number of hydrogen-bond donors (Lipinski definition) is 2. The minimum absolute atomic E-state index is 0.0453. The van der Waals surface area contributed by atoms with Crippen molar-refractivity contribution in [2.45, 2.75) is 45.3 Å². The minimum Gasteiger partial charge on any atom is -0.508 e. The third-order valence-electron chi connectivity index (χ3n) is 5.95. The number of aryl methyl sites for hydroxylation is 1. The van der Waals surface area contributed by atoms with E-state index < -0.39 is 11.7 Å². The van der Waals surface area contributed by atoms with Gasteiger partial charge in [0.15, 0.2) is 11.5 Å². The van der Waals surface area contributed by atoms with Crippen molar-refractivity contribution in [2.75, 3.05) is 5.32 Å². The molecular formula is C27H26F2N2O4. The second kappa shape index (κ2) is 9.02. The van der Waals surface area contributed by atoms with Gasteiger partial charge in [0.2, 0.25) is 5.91 Å². The Morgan fingerprint density at radius 3 is 2.46 bits per heavy atom. The van der Waals surface area contributed by atoms with Gasteiger partial charge in [0.1, 0.15) is 11.6 Å². The quantitative estimate of drug-likeness (QED) is 0.402. The summed E-state index contributed by atoms with van der Waals surface area (Å²) >= 11 is 0. The molecule has 1 amide bonds. The molecule has 182 valence electrons. The molecule has 3 aromatic rings. The first-order valence-corrected chi connectivity index (χ1v) is 11.4. The molecule has 0 atom stereocenters. The Balaban J connectivity index is 0.00000141. The molecule has 6 nitrogen and oxygen atoms in total. The number of nitrogens with zero attached hydrogens (tertiary/aromatic N) is 1. The van der Waals surface area contributed by atoms with Gasteiger partial charge in [-0.1, -0.05) is 50.8 Å². The van der Waals surface area contributed by atoms with Crippen LogP contribution in [0.5, 0.6) is 11.5 Å². The Morgan fingerprint density at radius 2 is 1.77 bits per heavy atom. The third-order valence-corrected chi connectivity index (χ3v) is 5.95. The Morgan fingerprint density at radius 1 is 1.06 bits per heavy atom. The Hall–Kier alpha value is -3.94. The fourth-order valence-corrected chi connectivity index (χ4v) is 3.99. The monoisotopic (exact) mass is 480 g/mol. The lowest BCUT2D eigenvalue weighted by molar-refractivity contribution is -0.286. The maximum atomic E-state index is 13.4. The highest BCUT2D eigenvalue weighted by molar-refractivity contribution is 6.01. The number of pyridine rings is 1. The topological polar surface area (TPSA) is 80.7 Å². The van der Waals surface area contributed by atoms with E-state index in [2.05, 4.69) is 26.4 Å². The van der Waals surface area contributed by atoms with Gasteiger partial charge in [0, 0.05) is 11.1 Å². The number of halogens is 2. The van der Waals surface area contributed by atoms with Crippen LogP contribution < -0.4 is 14.8 Å². The van der Waals surface area contributed by atoms with Gasteiger partial charge in [0.05, 0.1) is 11.1 Å². The summed E-state index contributed by atoms with van der Waals surface area (Å²) in [6.07, 6.45) is -2.55. The van der Waals surface area contributed by atoms with Gasteiger partial charge < -0.3 is 19.9 Å². The second-order valence-electron chi connectivity index (χ2n) is 8.25. The summed E-state index contributed by atoms with van der Waals surface area (Å²) in [5.74, 6) is -0.0910. The summed E-state index contributed by atoms with van der Waals surface area (Å²) in [7, 11) is 0. The van der Waals surface area contributed by atoms with E-state index in [-0.39, 0.29) is 23.2 Å². The largest absolute Gasteiger partial charge is 0.586 e. The van der Waals surface area contributed by atoms with Crippen LogP contribution in [0.3, 0.4) is 0 Å². The molecule has 0 bridgehead atoms. The number of hydrogen-bond acceptors (Lipinski definition) is 5. The maximum Gasteiger partial charge on any atom is 0.586 e. The molecule has 5 rings (SSSR count). The van der Waals surface area contributed by atoms with Crippen molar-refractivity contribution < 1.29 is 28.2 Å². The molecule has 0 unspecified atom stereocenters. The van der Waals surface area contributed by atoms with Crippen molar-refractivity contribution in [3.63, 3.8) is 0 Å². The molecule has 8 heteroatoms.